The zero-order valence-corrected chi connectivity index (χ0v) is 11.6. The van der Waals surface area contributed by atoms with Gasteiger partial charge in [-0.25, -0.2) is 0 Å². The Morgan fingerprint density at radius 2 is 1.64 bits per heavy atom. The third-order valence-electron chi connectivity index (χ3n) is 3.86. The van der Waals surface area contributed by atoms with Crippen LogP contribution in [0.5, 0.6) is 0 Å². The Kier molecular flexibility index (Phi) is 5.06. The van der Waals surface area contributed by atoms with Crippen molar-refractivity contribution in [1.82, 2.24) is 4.90 Å². The summed E-state index contributed by atoms with van der Waals surface area (Å²) >= 11 is 0. The molecule has 5 N–H and O–H groups in total. The number of nitrogens with zero attached hydrogens (tertiary/aromatic N) is 2. The molecule has 5 atom stereocenters. The summed E-state index contributed by atoms with van der Waals surface area (Å²) in [5.41, 5.74) is 0.496. The third-order valence-corrected chi connectivity index (χ3v) is 3.86. The standard InChI is InChI=1S/C13H18N2O7/c16-6-9-10(17)11(18)12(19)13(20)14(9)5-7-1-3-8(4-2-7)15(21)22/h1-4,9-13,16-20H,5-6H2/t9-,10-,11+,12-,13?/m1/s1. The Labute approximate surface area is 125 Å². The van der Waals surface area contributed by atoms with Crippen molar-refractivity contribution < 1.29 is 30.5 Å². The van der Waals surface area contributed by atoms with E-state index < -0.39 is 42.1 Å². The van der Waals surface area contributed by atoms with Crippen LogP contribution < -0.4 is 0 Å². The lowest BCUT2D eigenvalue weighted by Crippen LogP contribution is -2.66. The topological polar surface area (TPSA) is 148 Å². The first-order chi connectivity index (χ1) is 10.4. The quantitative estimate of drug-likeness (QED) is 0.322. The van der Waals surface area contributed by atoms with Crippen molar-refractivity contribution in [2.75, 3.05) is 6.61 Å². The van der Waals surface area contributed by atoms with Gasteiger partial charge in [0.2, 0.25) is 0 Å². The molecule has 0 amide bonds. The van der Waals surface area contributed by atoms with Crippen LogP contribution in [0.4, 0.5) is 5.69 Å². The van der Waals surface area contributed by atoms with Crippen molar-refractivity contribution >= 4 is 5.69 Å². The zero-order valence-electron chi connectivity index (χ0n) is 11.6. The number of piperidine rings is 1. The summed E-state index contributed by atoms with van der Waals surface area (Å²) in [6, 6.07) is 4.57. The molecule has 1 saturated heterocycles. The monoisotopic (exact) mass is 314 g/mol. The lowest BCUT2D eigenvalue weighted by atomic mass is 9.92. The fourth-order valence-corrected chi connectivity index (χ4v) is 2.55. The zero-order chi connectivity index (χ0) is 16.4. The van der Waals surface area contributed by atoms with Gasteiger partial charge in [-0.05, 0) is 5.56 Å². The molecule has 0 bridgehead atoms. The van der Waals surface area contributed by atoms with E-state index in [4.69, 9.17) is 0 Å². The van der Waals surface area contributed by atoms with Gasteiger partial charge in [0.05, 0.1) is 17.6 Å². The number of aliphatic hydroxyl groups is 5. The molecule has 1 fully saturated rings. The van der Waals surface area contributed by atoms with Crippen molar-refractivity contribution in [3.8, 4) is 0 Å². The molecule has 1 aromatic carbocycles. The SMILES string of the molecule is O=[N+]([O-])c1ccc(CN2C(O)[C@H](O)[C@@H](O)[C@H](O)[C@H]2CO)cc1. The predicted molar refractivity (Wildman–Crippen MR) is 73.5 cm³/mol. The van der Waals surface area contributed by atoms with Gasteiger partial charge < -0.3 is 25.5 Å². The maximum absolute atomic E-state index is 10.6. The second kappa shape index (κ2) is 6.65. The minimum absolute atomic E-state index is 0.0330. The van der Waals surface area contributed by atoms with E-state index in [0.29, 0.717) is 5.56 Å². The van der Waals surface area contributed by atoms with Gasteiger partial charge in [-0.3, -0.25) is 15.0 Å². The van der Waals surface area contributed by atoms with Crippen molar-refractivity contribution in [3.63, 3.8) is 0 Å². The van der Waals surface area contributed by atoms with Gasteiger partial charge >= 0.3 is 0 Å². The van der Waals surface area contributed by atoms with Crippen molar-refractivity contribution in [2.45, 2.75) is 37.1 Å². The number of hydrogen-bond donors (Lipinski definition) is 5. The van der Waals surface area contributed by atoms with E-state index >= 15 is 0 Å². The van der Waals surface area contributed by atoms with E-state index in [2.05, 4.69) is 0 Å². The number of rotatable bonds is 4. The molecule has 22 heavy (non-hydrogen) atoms. The van der Waals surface area contributed by atoms with Gasteiger partial charge in [-0.2, -0.15) is 0 Å². The van der Waals surface area contributed by atoms with Gasteiger partial charge in [0.15, 0.2) is 0 Å². The molecule has 1 unspecified atom stereocenters. The molecule has 1 aromatic rings. The summed E-state index contributed by atoms with van der Waals surface area (Å²) < 4.78 is 0. The normalized spacial score (nSPS) is 32.9. The smallest absolute Gasteiger partial charge is 0.269 e. The Bertz CT molecular complexity index is 524. The molecule has 0 saturated carbocycles. The van der Waals surface area contributed by atoms with E-state index in [-0.39, 0.29) is 12.2 Å². The molecule has 1 aliphatic rings. The summed E-state index contributed by atoms with van der Waals surface area (Å²) in [7, 11) is 0. The molecular weight excluding hydrogens is 296 g/mol. The summed E-state index contributed by atoms with van der Waals surface area (Å²) in [5, 5.41) is 59.2. The van der Waals surface area contributed by atoms with Gasteiger partial charge in [0.1, 0.15) is 24.5 Å². The van der Waals surface area contributed by atoms with E-state index in [1.807, 2.05) is 0 Å². The summed E-state index contributed by atoms with van der Waals surface area (Å²) in [4.78, 5) is 11.3. The Morgan fingerprint density at radius 1 is 1.05 bits per heavy atom. The van der Waals surface area contributed by atoms with E-state index in [9.17, 15) is 35.6 Å². The fraction of sp³-hybridized carbons (Fsp3) is 0.538. The highest BCUT2D eigenvalue weighted by atomic mass is 16.6. The maximum Gasteiger partial charge on any atom is 0.269 e. The molecule has 9 heteroatoms. The number of nitro benzene ring substituents is 1. The first-order valence-electron chi connectivity index (χ1n) is 6.69. The second-order valence-electron chi connectivity index (χ2n) is 5.23. The van der Waals surface area contributed by atoms with E-state index in [1.54, 1.807) is 0 Å². The molecule has 2 rings (SSSR count). The molecule has 122 valence electrons. The first kappa shape index (κ1) is 16.7. The summed E-state index contributed by atoms with van der Waals surface area (Å²) in [6.45, 7) is -0.500. The van der Waals surface area contributed by atoms with Crippen LogP contribution >= 0.6 is 0 Å². The molecule has 0 aromatic heterocycles. The second-order valence-corrected chi connectivity index (χ2v) is 5.23. The van der Waals surface area contributed by atoms with Crippen molar-refractivity contribution in [1.29, 1.82) is 0 Å². The van der Waals surface area contributed by atoms with Gasteiger partial charge in [-0.15, -0.1) is 0 Å². The van der Waals surface area contributed by atoms with Crippen molar-refractivity contribution in [3.05, 3.63) is 39.9 Å². The highest BCUT2D eigenvalue weighted by Gasteiger charge is 2.46. The predicted octanol–water partition coefficient (Wildman–Crippen LogP) is -1.83. The van der Waals surface area contributed by atoms with Crippen LogP contribution in [-0.4, -0.2) is 72.5 Å². The molecule has 0 spiro atoms. The van der Waals surface area contributed by atoms with Crippen LogP contribution in [0.25, 0.3) is 0 Å². The largest absolute Gasteiger partial charge is 0.395 e. The summed E-state index contributed by atoms with van der Waals surface area (Å²) in [5.74, 6) is 0. The van der Waals surface area contributed by atoms with Crippen LogP contribution in [0, 0.1) is 10.1 Å². The highest BCUT2D eigenvalue weighted by molar-refractivity contribution is 5.32. The van der Waals surface area contributed by atoms with E-state index in [0.717, 1.165) is 0 Å². The number of hydrogen-bond acceptors (Lipinski definition) is 8. The number of non-ortho nitro benzene ring substituents is 1. The molecule has 9 nitrogen and oxygen atoms in total. The lowest BCUT2D eigenvalue weighted by Gasteiger charge is -2.46. The minimum atomic E-state index is -1.59. The van der Waals surface area contributed by atoms with Crippen molar-refractivity contribution in [2.24, 2.45) is 0 Å². The molecule has 0 radical (unpaired) electrons. The van der Waals surface area contributed by atoms with Gasteiger partial charge in [0.25, 0.3) is 5.69 Å². The Hall–Kier alpha value is -1.62. The van der Waals surface area contributed by atoms with Crippen LogP contribution in [0.2, 0.25) is 0 Å². The van der Waals surface area contributed by atoms with Crippen LogP contribution in [0.15, 0.2) is 24.3 Å². The molecular formula is C13H18N2O7. The first-order valence-corrected chi connectivity index (χ1v) is 6.69. The average Bonchev–Trinajstić information content (AvgIpc) is 2.51. The minimum Gasteiger partial charge on any atom is -0.395 e. The lowest BCUT2D eigenvalue weighted by molar-refractivity contribution is -0.384. The molecule has 1 aliphatic heterocycles. The maximum atomic E-state index is 10.6. The fourth-order valence-electron chi connectivity index (χ4n) is 2.55. The number of nitro groups is 1. The number of aliphatic hydroxyl groups excluding tert-OH is 5. The third kappa shape index (κ3) is 3.09. The van der Waals surface area contributed by atoms with Gasteiger partial charge in [-0.1, -0.05) is 12.1 Å². The average molecular weight is 314 g/mol. The highest BCUT2D eigenvalue weighted by Crippen LogP contribution is 2.25. The Balaban J connectivity index is 2.19. The van der Waals surface area contributed by atoms with Gasteiger partial charge in [0, 0.05) is 18.7 Å². The van der Waals surface area contributed by atoms with E-state index in [1.165, 1.54) is 29.2 Å². The molecule has 1 heterocycles. The Morgan fingerprint density at radius 3 is 2.14 bits per heavy atom. The van der Waals surface area contributed by atoms with Crippen LogP contribution in [0.3, 0.4) is 0 Å². The molecule has 0 aliphatic carbocycles. The summed E-state index contributed by atoms with van der Waals surface area (Å²) in [6.07, 6.45) is -6.07. The van der Waals surface area contributed by atoms with Crippen LogP contribution in [0.1, 0.15) is 5.56 Å². The van der Waals surface area contributed by atoms with Crippen LogP contribution in [-0.2, 0) is 6.54 Å². The number of benzene rings is 1. The number of likely N-dealkylation sites (tertiary alicyclic amines) is 1.